The molecule has 0 aromatic carbocycles. The van der Waals surface area contributed by atoms with Gasteiger partial charge >= 0.3 is 0 Å². The third-order valence-corrected chi connectivity index (χ3v) is 3.53. The predicted octanol–water partition coefficient (Wildman–Crippen LogP) is 3.19. The standard InChI is InChI=1S/C12H16BrN3/c1-7(2)6-10-12(14)15-11-5-4-9(13)8(3)16(10)11/h4-5,7H,6,14H2,1-3H3. The summed E-state index contributed by atoms with van der Waals surface area (Å²) in [7, 11) is 0. The van der Waals surface area contributed by atoms with Crippen molar-refractivity contribution in [2.45, 2.75) is 27.2 Å². The first-order valence-electron chi connectivity index (χ1n) is 5.42. The van der Waals surface area contributed by atoms with Gasteiger partial charge in [-0.05, 0) is 47.3 Å². The van der Waals surface area contributed by atoms with E-state index in [9.17, 15) is 0 Å². The van der Waals surface area contributed by atoms with Crippen molar-refractivity contribution in [1.29, 1.82) is 0 Å². The lowest BCUT2D eigenvalue weighted by atomic mass is 10.1. The minimum Gasteiger partial charge on any atom is -0.382 e. The maximum absolute atomic E-state index is 5.97. The number of hydrogen-bond acceptors (Lipinski definition) is 2. The summed E-state index contributed by atoms with van der Waals surface area (Å²) in [5, 5.41) is 0. The molecule has 2 N–H and O–H groups in total. The van der Waals surface area contributed by atoms with Crippen LogP contribution in [0.5, 0.6) is 0 Å². The zero-order chi connectivity index (χ0) is 11.9. The van der Waals surface area contributed by atoms with E-state index < -0.39 is 0 Å². The van der Waals surface area contributed by atoms with E-state index in [1.807, 2.05) is 12.1 Å². The van der Waals surface area contributed by atoms with Gasteiger partial charge in [0.1, 0.15) is 11.5 Å². The number of imidazole rings is 1. The third-order valence-electron chi connectivity index (χ3n) is 2.69. The van der Waals surface area contributed by atoms with Crippen molar-refractivity contribution in [1.82, 2.24) is 9.38 Å². The Kier molecular flexibility index (Phi) is 2.93. The first kappa shape index (κ1) is 11.5. The van der Waals surface area contributed by atoms with E-state index >= 15 is 0 Å². The third kappa shape index (κ3) is 1.82. The molecule has 0 fully saturated rings. The molecule has 2 rings (SSSR count). The zero-order valence-electron chi connectivity index (χ0n) is 9.79. The lowest BCUT2D eigenvalue weighted by Gasteiger charge is -2.09. The second kappa shape index (κ2) is 4.09. The summed E-state index contributed by atoms with van der Waals surface area (Å²) in [5.41, 5.74) is 9.16. The summed E-state index contributed by atoms with van der Waals surface area (Å²) in [6.07, 6.45) is 0.949. The summed E-state index contributed by atoms with van der Waals surface area (Å²) in [6.45, 7) is 6.44. The Morgan fingerprint density at radius 2 is 2.12 bits per heavy atom. The minimum absolute atomic E-state index is 0.570. The van der Waals surface area contributed by atoms with Crippen LogP contribution in [-0.4, -0.2) is 9.38 Å². The molecular formula is C12H16BrN3. The summed E-state index contributed by atoms with van der Waals surface area (Å²) in [4.78, 5) is 4.39. The molecule has 0 unspecified atom stereocenters. The molecule has 0 aliphatic rings. The number of anilines is 1. The fourth-order valence-corrected chi connectivity index (χ4v) is 2.24. The molecule has 0 aliphatic carbocycles. The van der Waals surface area contributed by atoms with E-state index in [4.69, 9.17) is 5.73 Å². The average Bonchev–Trinajstić information content (AvgIpc) is 2.50. The molecule has 2 heterocycles. The Morgan fingerprint density at radius 3 is 2.75 bits per heavy atom. The molecule has 0 radical (unpaired) electrons. The number of fused-ring (bicyclic) bond motifs is 1. The second-order valence-electron chi connectivity index (χ2n) is 4.50. The summed E-state index contributed by atoms with van der Waals surface area (Å²) >= 11 is 3.54. The van der Waals surface area contributed by atoms with E-state index in [1.165, 1.54) is 0 Å². The maximum atomic E-state index is 5.97. The van der Waals surface area contributed by atoms with Crippen molar-refractivity contribution in [3.8, 4) is 0 Å². The van der Waals surface area contributed by atoms with Gasteiger partial charge in [-0.3, -0.25) is 4.40 Å². The van der Waals surface area contributed by atoms with Crippen LogP contribution in [0.1, 0.15) is 25.2 Å². The van der Waals surface area contributed by atoms with Crippen molar-refractivity contribution in [3.63, 3.8) is 0 Å². The van der Waals surface area contributed by atoms with Crippen molar-refractivity contribution >= 4 is 27.4 Å². The average molecular weight is 282 g/mol. The molecular weight excluding hydrogens is 266 g/mol. The van der Waals surface area contributed by atoms with Gasteiger partial charge in [-0.25, -0.2) is 4.98 Å². The monoisotopic (exact) mass is 281 g/mol. The molecule has 0 saturated heterocycles. The normalized spacial score (nSPS) is 11.6. The van der Waals surface area contributed by atoms with E-state index in [2.05, 4.69) is 46.1 Å². The molecule has 16 heavy (non-hydrogen) atoms. The molecule has 0 saturated carbocycles. The molecule has 0 aliphatic heterocycles. The zero-order valence-corrected chi connectivity index (χ0v) is 11.4. The highest BCUT2D eigenvalue weighted by Crippen LogP contribution is 2.24. The molecule has 0 amide bonds. The number of halogens is 1. The van der Waals surface area contributed by atoms with Gasteiger partial charge in [0, 0.05) is 10.2 Å². The summed E-state index contributed by atoms with van der Waals surface area (Å²) in [6, 6.07) is 3.99. The highest BCUT2D eigenvalue weighted by molar-refractivity contribution is 9.10. The molecule has 4 heteroatoms. The first-order chi connectivity index (χ1) is 7.50. The van der Waals surface area contributed by atoms with Crippen LogP contribution in [0.25, 0.3) is 5.65 Å². The lowest BCUT2D eigenvalue weighted by Crippen LogP contribution is -2.04. The van der Waals surface area contributed by atoms with Crippen LogP contribution >= 0.6 is 15.9 Å². The largest absolute Gasteiger partial charge is 0.382 e. The number of nitrogens with zero attached hydrogens (tertiary/aromatic N) is 2. The van der Waals surface area contributed by atoms with Crippen molar-refractivity contribution in [2.24, 2.45) is 5.92 Å². The smallest absolute Gasteiger partial charge is 0.145 e. The fraction of sp³-hybridized carbons (Fsp3) is 0.417. The number of nitrogen functional groups attached to an aromatic ring is 1. The molecule has 0 atom stereocenters. The molecule has 0 bridgehead atoms. The molecule has 0 spiro atoms. The Hall–Kier alpha value is -1.03. The Labute approximate surface area is 104 Å². The highest BCUT2D eigenvalue weighted by Gasteiger charge is 2.13. The van der Waals surface area contributed by atoms with Crippen molar-refractivity contribution in [2.75, 3.05) is 5.73 Å². The van der Waals surface area contributed by atoms with Crippen LogP contribution in [-0.2, 0) is 6.42 Å². The van der Waals surface area contributed by atoms with Crippen LogP contribution in [0.3, 0.4) is 0 Å². The van der Waals surface area contributed by atoms with Gasteiger partial charge < -0.3 is 5.73 Å². The number of pyridine rings is 1. The Morgan fingerprint density at radius 1 is 1.44 bits per heavy atom. The Balaban J connectivity index is 2.71. The summed E-state index contributed by atoms with van der Waals surface area (Å²) in [5.74, 6) is 1.22. The van der Waals surface area contributed by atoms with Gasteiger partial charge in [-0.15, -0.1) is 0 Å². The van der Waals surface area contributed by atoms with E-state index in [0.717, 1.165) is 27.9 Å². The number of hydrogen-bond donors (Lipinski definition) is 1. The first-order valence-corrected chi connectivity index (χ1v) is 6.22. The minimum atomic E-state index is 0.570. The molecule has 3 nitrogen and oxygen atoms in total. The predicted molar refractivity (Wildman–Crippen MR) is 70.6 cm³/mol. The number of nitrogens with two attached hydrogens (primary N) is 1. The quantitative estimate of drug-likeness (QED) is 0.919. The fourth-order valence-electron chi connectivity index (χ4n) is 1.93. The summed E-state index contributed by atoms with van der Waals surface area (Å²) < 4.78 is 3.22. The van der Waals surface area contributed by atoms with Gasteiger partial charge in [0.05, 0.1) is 5.69 Å². The van der Waals surface area contributed by atoms with E-state index in [0.29, 0.717) is 11.7 Å². The molecule has 86 valence electrons. The number of aryl methyl sites for hydroxylation is 1. The number of aromatic nitrogens is 2. The highest BCUT2D eigenvalue weighted by atomic mass is 79.9. The van der Waals surface area contributed by atoms with Gasteiger partial charge in [0.25, 0.3) is 0 Å². The lowest BCUT2D eigenvalue weighted by molar-refractivity contribution is 0.631. The Bertz CT molecular complexity index is 529. The second-order valence-corrected chi connectivity index (χ2v) is 5.36. The van der Waals surface area contributed by atoms with Crippen LogP contribution < -0.4 is 5.73 Å². The molecule has 2 aromatic rings. The molecule has 2 aromatic heterocycles. The van der Waals surface area contributed by atoms with E-state index in [1.54, 1.807) is 0 Å². The van der Waals surface area contributed by atoms with Gasteiger partial charge in [0.2, 0.25) is 0 Å². The van der Waals surface area contributed by atoms with Crippen LogP contribution in [0.2, 0.25) is 0 Å². The van der Waals surface area contributed by atoms with Crippen molar-refractivity contribution < 1.29 is 0 Å². The SMILES string of the molecule is Cc1c(Br)ccc2nc(N)c(CC(C)C)n12. The van der Waals surface area contributed by atoms with Gasteiger partial charge in [-0.2, -0.15) is 0 Å². The van der Waals surface area contributed by atoms with Crippen molar-refractivity contribution in [3.05, 3.63) is 28.0 Å². The van der Waals surface area contributed by atoms with Gasteiger partial charge in [-0.1, -0.05) is 13.8 Å². The van der Waals surface area contributed by atoms with Crippen LogP contribution in [0.15, 0.2) is 16.6 Å². The maximum Gasteiger partial charge on any atom is 0.145 e. The topological polar surface area (TPSA) is 43.3 Å². The van der Waals surface area contributed by atoms with Crippen LogP contribution in [0, 0.1) is 12.8 Å². The van der Waals surface area contributed by atoms with Gasteiger partial charge in [0.15, 0.2) is 0 Å². The number of rotatable bonds is 2. The van der Waals surface area contributed by atoms with Crippen LogP contribution in [0.4, 0.5) is 5.82 Å². The van der Waals surface area contributed by atoms with E-state index in [-0.39, 0.29) is 0 Å².